The van der Waals surface area contributed by atoms with Crippen molar-refractivity contribution in [3.63, 3.8) is 0 Å². The second-order valence-electron chi connectivity index (χ2n) is 18.7. The molecule has 0 bridgehead atoms. The highest BCUT2D eigenvalue weighted by Crippen LogP contribution is 2.44. The number of phenols is 1. The van der Waals surface area contributed by atoms with E-state index in [-0.39, 0.29) is 27.8 Å². The second kappa shape index (κ2) is 15.6. The number of nitrogens with zero attached hydrogens (tertiary/aromatic N) is 3. The van der Waals surface area contributed by atoms with E-state index in [1.165, 1.54) is 5.56 Å². The molecule has 0 spiro atoms. The number of aromatic nitrogens is 3. The lowest BCUT2D eigenvalue weighted by molar-refractivity contribution is 0.471. The molecule has 4 heteroatoms. The zero-order valence-electron chi connectivity index (χ0n) is 46.7. The monoisotopic (exact) mass is 812 g/mol. The summed E-state index contributed by atoms with van der Waals surface area (Å²) in [5.41, 5.74) is 7.89. The maximum atomic E-state index is 12.1. The summed E-state index contributed by atoms with van der Waals surface area (Å²) >= 11 is 0. The van der Waals surface area contributed by atoms with E-state index in [2.05, 4.69) is 87.5 Å². The molecule has 0 unspecified atom stereocenters. The van der Waals surface area contributed by atoms with Crippen LogP contribution in [0.3, 0.4) is 0 Å². The molecule has 6 aromatic carbocycles. The predicted molar refractivity (Wildman–Crippen MR) is 258 cm³/mol. The zero-order chi connectivity index (χ0) is 52.0. The van der Waals surface area contributed by atoms with Gasteiger partial charge in [-0.15, -0.1) is 0 Å². The van der Waals surface area contributed by atoms with Crippen LogP contribution >= 0.6 is 0 Å². The first-order valence-electron chi connectivity index (χ1n) is 25.9. The Morgan fingerprint density at radius 2 is 1.33 bits per heavy atom. The molecular formula is C57H59N3O. The number of para-hydroxylation sites is 1. The van der Waals surface area contributed by atoms with E-state index in [0.717, 1.165) is 45.4 Å². The van der Waals surface area contributed by atoms with Crippen molar-refractivity contribution < 1.29 is 18.8 Å². The molecule has 61 heavy (non-hydrogen) atoms. The SMILES string of the molecule is [2H]c1nc(-c2cc(-c3cccc4c3nc(-c3cc(C(C)(C)C)cc(C)c3O)n4-c3ccc(C(C)(C)CC)cc3-c3ccccc3)cc(C(C)(C)C)c2)c([2H])c(-c2c([2H])c([2H])c(C([2H])([2H])[2H])c([2H])c2[2H])c1[2H]. The number of aryl methyl sites for hydroxylation is 1. The number of pyridine rings is 1. The number of phenolic OH excluding ortho intramolecular Hbond substituents is 1. The van der Waals surface area contributed by atoms with Gasteiger partial charge in [-0.25, -0.2) is 4.98 Å². The van der Waals surface area contributed by atoms with Gasteiger partial charge in [-0.05, 0) is 129 Å². The lowest BCUT2D eigenvalue weighted by Crippen LogP contribution is -2.16. The smallest absolute Gasteiger partial charge is 0.149 e. The first-order chi connectivity index (χ1) is 33.1. The number of fused-ring (bicyclic) bond motifs is 1. The maximum Gasteiger partial charge on any atom is 0.149 e. The van der Waals surface area contributed by atoms with Crippen molar-refractivity contribution in [2.75, 3.05) is 0 Å². The van der Waals surface area contributed by atoms with Crippen LogP contribution in [-0.4, -0.2) is 19.6 Å². The fourth-order valence-corrected chi connectivity index (χ4v) is 7.71. The Kier molecular flexibility index (Phi) is 7.88. The summed E-state index contributed by atoms with van der Waals surface area (Å²) in [5.74, 6) is 0.641. The van der Waals surface area contributed by atoms with Crippen LogP contribution in [0.4, 0.5) is 0 Å². The first kappa shape index (κ1) is 30.7. The third-order valence-electron chi connectivity index (χ3n) is 11.9. The molecular weight excluding hydrogens is 743 g/mol. The predicted octanol–water partition coefficient (Wildman–Crippen LogP) is 15.4. The van der Waals surface area contributed by atoms with Crippen LogP contribution in [0.2, 0.25) is 0 Å². The van der Waals surface area contributed by atoms with E-state index in [0.29, 0.717) is 33.6 Å². The van der Waals surface area contributed by atoms with Gasteiger partial charge in [-0.1, -0.05) is 153 Å². The van der Waals surface area contributed by atoms with Gasteiger partial charge in [0.05, 0.1) is 37.6 Å². The van der Waals surface area contributed by atoms with Crippen LogP contribution in [0.5, 0.6) is 5.75 Å². The normalized spacial score (nSPS) is 14.9. The van der Waals surface area contributed by atoms with Gasteiger partial charge in [-0.3, -0.25) is 9.55 Å². The molecule has 2 heterocycles. The van der Waals surface area contributed by atoms with Gasteiger partial charge in [0.2, 0.25) is 0 Å². The molecule has 0 amide bonds. The summed E-state index contributed by atoms with van der Waals surface area (Å²) in [7, 11) is 0. The molecule has 8 aromatic rings. The largest absolute Gasteiger partial charge is 0.507 e. The van der Waals surface area contributed by atoms with Crippen molar-refractivity contribution in [1.82, 2.24) is 14.5 Å². The number of imidazole rings is 1. The molecule has 0 atom stereocenters. The van der Waals surface area contributed by atoms with Crippen LogP contribution in [0, 0.1) is 13.8 Å². The fourth-order valence-electron chi connectivity index (χ4n) is 7.71. The molecule has 0 fully saturated rings. The van der Waals surface area contributed by atoms with Crippen LogP contribution < -0.4 is 0 Å². The van der Waals surface area contributed by atoms with Crippen molar-refractivity contribution >= 4 is 11.0 Å². The summed E-state index contributed by atoms with van der Waals surface area (Å²) in [6.07, 6.45) is 0.362. The fraction of sp³-hybridized carbons (Fsp3) is 0.263. The summed E-state index contributed by atoms with van der Waals surface area (Å²) in [6, 6.07) is 28.5. The average Bonchev–Trinajstić information content (AvgIpc) is 3.69. The third-order valence-corrected chi connectivity index (χ3v) is 11.9. The van der Waals surface area contributed by atoms with E-state index in [4.69, 9.17) is 17.3 Å². The molecule has 0 aliphatic carbocycles. The highest BCUT2D eigenvalue weighted by atomic mass is 16.3. The van der Waals surface area contributed by atoms with Crippen LogP contribution in [0.1, 0.15) is 110 Å². The Bertz CT molecular complexity index is 3400. The number of aromatic hydroxyl groups is 1. The van der Waals surface area contributed by atoms with E-state index in [1.807, 2.05) is 88.4 Å². The van der Waals surface area contributed by atoms with Crippen LogP contribution in [0.25, 0.3) is 72.7 Å². The van der Waals surface area contributed by atoms with E-state index >= 15 is 0 Å². The summed E-state index contributed by atoms with van der Waals surface area (Å²) < 4.78 is 88.2. The van der Waals surface area contributed by atoms with Gasteiger partial charge in [-0.2, -0.15) is 0 Å². The van der Waals surface area contributed by atoms with Crippen molar-refractivity contribution in [3.8, 4) is 67.5 Å². The highest BCUT2D eigenvalue weighted by Gasteiger charge is 2.27. The number of rotatable bonds is 8. The Balaban J connectivity index is 1.46. The Labute approximate surface area is 377 Å². The van der Waals surface area contributed by atoms with Gasteiger partial charge in [0.1, 0.15) is 11.6 Å². The van der Waals surface area contributed by atoms with Gasteiger partial charge in [0.15, 0.2) is 0 Å². The lowest BCUT2D eigenvalue weighted by atomic mass is 9.81. The highest BCUT2D eigenvalue weighted by molar-refractivity contribution is 5.98. The third kappa shape index (κ3) is 8.04. The molecule has 0 saturated heterocycles. The number of hydrogen-bond donors (Lipinski definition) is 1. The quantitative estimate of drug-likeness (QED) is 0.166. The van der Waals surface area contributed by atoms with E-state index in [9.17, 15) is 6.48 Å². The van der Waals surface area contributed by atoms with Crippen molar-refractivity contribution in [2.45, 2.75) is 98.8 Å². The molecule has 0 aliphatic rings. The molecule has 0 saturated carbocycles. The van der Waals surface area contributed by atoms with Crippen molar-refractivity contribution in [3.05, 3.63) is 167 Å². The molecule has 4 nitrogen and oxygen atoms in total. The molecule has 0 aliphatic heterocycles. The Hall–Kier alpha value is -6.26. The summed E-state index contributed by atoms with van der Waals surface area (Å²) in [5, 5.41) is 12.1. The molecule has 0 radical (unpaired) electrons. The molecule has 1 N–H and O–H groups in total. The average molecular weight is 812 g/mol. The Morgan fingerprint density at radius 3 is 2.02 bits per heavy atom. The van der Waals surface area contributed by atoms with Crippen molar-refractivity contribution in [2.24, 2.45) is 0 Å². The standard InChI is InChI=1S/C57H59N3O/c1-12-57(10,11)43-25-26-50(47(34-43)39-17-14-13-15-18-39)60-51-20-16-19-46(52(51)59-54(60)48-35-44(55(4,5)6)29-37(3)53(48)61)41-30-42(32-45(31-41)56(7,8)9)49-33-40(27-28-58-49)38-23-21-36(2)22-24-38/h13-35,61H,12H2,1-11H3/i2D3,21D,22D,23D,24D,27D,28D,33D. The molecule has 308 valence electrons. The van der Waals surface area contributed by atoms with Gasteiger partial charge in [0.25, 0.3) is 0 Å². The lowest BCUT2D eigenvalue weighted by Gasteiger charge is -2.26. The van der Waals surface area contributed by atoms with E-state index < -0.39 is 65.8 Å². The van der Waals surface area contributed by atoms with Crippen LogP contribution in [0.15, 0.2) is 139 Å². The topological polar surface area (TPSA) is 50.9 Å². The first-order valence-corrected chi connectivity index (χ1v) is 20.9. The summed E-state index contributed by atoms with van der Waals surface area (Å²) in [6.45, 7) is 18.2. The molecule has 8 rings (SSSR count). The minimum atomic E-state index is -2.96. The number of hydrogen-bond acceptors (Lipinski definition) is 3. The van der Waals surface area contributed by atoms with E-state index in [1.54, 1.807) is 0 Å². The van der Waals surface area contributed by atoms with Gasteiger partial charge >= 0.3 is 0 Å². The van der Waals surface area contributed by atoms with Crippen LogP contribution in [-0.2, 0) is 16.2 Å². The summed E-state index contributed by atoms with van der Waals surface area (Å²) in [4.78, 5) is 9.97. The van der Waals surface area contributed by atoms with Gasteiger partial charge in [0, 0.05) is 27.0 Å². The second-order valence-corrected chi connectivity index (χ2v) is 18.7. The minimum Gasteiger partial charge on any atom is -0.507 e. The zero-order valence-corrected chi connectivity index (χ0v) is 36.7. The Morgan fingerprint density at radius 1 is 0.639 bits per heavy atom. The molecule has 2 aromatic heterocycles. The number of benzene rings is 6. The minimum absolute atomic E-state index is 0.0366. The van der Waals surface area contributed by atoms with Gasteiger partial charge < -0.3 is 5.11 Å². The maximum absolute atomic E-state index is 12.1. The van der Waals surface area contributed by atoms with Crippen molar-refractivity contribution in [1.29, 1.82) is 0 Å².